The molecule has 0 bridgehead atoms. The van der Waals surface area contributed by atoms with Gasteiger partial charge in [-0.1, -0.05) is 55.4 Å². The Kier molecular flexibility index (Phi) is 40.4. The van der Waals surface area contributed by atoms with E-state index in [9.17, 15) is 101 Å². The lowest BCUT2D eigenvalue weighted by molar-refractivity contribution is -0.146. The minimum atomic E-state index is -1.89. The Labute approximate surface area is 703 Å². The molecule has 1 aliphatic heterocycles. The van der Waals surface area contributed by atoms with Gasteiger partial charge in [-0.15, -0.1) is 0 Å². The molecule has 1 rings (SSSR count). The Bertz CT molecular complexity index is 3770. The van der Waals surface area contributed by atoms with E-state index in [0.29, 0.717) is 12.8 Å². The summed E-state index contributed by atoms with van der Waals surface area (Å²) in [5.41, 5.74) is -3.10. The predicted octanol–water partition coefficient (Wildman–Crippen LogP) is -3.88. The van der Waals surface area contributed by atoms with E-state index in [2.05, 4.69) is 90.4 Å². The molecule has 1 fully saturated rings. The fraction of sp³-hybridized carbons (Fsp3) is 0.747. The smallest absolute Gasteiger partial charge is 0.248 e. The molecule has 41 heteroatoms. The predicted molar refractivity (Wildman–Crippen MR) is 441 cm³/mol. The number of rotatable bonds is 48. The Morgan fingerprint density at radius 2 is 0.742 bits per heavy atom. The van der Waals surface area contributed by atoms with Crippen molar-refractivity contribution >= 4 is 118 Å². The van der Waals surface area contributed by atoms with Gasteiger partial charge < -0.3 is 112 Å². The first kappa shape index (κ1) is 107. The van der Waals surface area contributed by atoms with Gasteiger partial charge in [-0.25, -0.2) is 0 Å². The maximum atomic E-state index is 14.4. The molecule has 0 aromatic carbocycles. The largest absolute Gasteiger partial charge is 0.394 e. The quantitative estimate of drug-likeness (QED) is 0.0277. The molecule has 0 aliphatic carbocycles. The number of nitrogens with one attached hydrogen (secondary N) is 17. The number of likely N-dealkylation sites (tertiary alicyclic amines) is 1. The number of primary amides is 2. The van der Waals surface area contributed by atoms with E-state index in [1.165, 1.54) is 130 Å². The van der Waals surface area contributed by atoms with Crippen molar-refractivity contribution in [1.82, 2.24) is 95.3 Å². The molecular weight excluding hydrogens is 1560 g/mol. The molecular formula is C79H138N20O21. The molecule has 0 unspecified atom stereocenters. The number of aliphatic hydroxyl groups excluding tert-OH is 1. The molecule has 120 heavy (non-hydrogen) atoms. The van der Waals surface area contributed by atoms with Gasteiger partial charge in [-0.3, -0.25) is 95.9 Å². The molecule has 22 N–H and O–H groups in total. The van der Waals surface area contributed by atoms with Crippen LogP contribution < -0.4 is 102 Å². The van der Waals surface area contributed by atoms with Gasteiger partial charge in [0.2, 0.25) is 118 Å². The molecule has 1 saturated heterocycles. The molecule has 0 spiro atoms. The summed E-state index contributed by atoms with van der Waals surface area (Å²) >= 11 is 0. The van der Waals surface area contributed by atoms with Crippen molar-refractivity contribution in [3.8, 4) is 0 Å². The highest BCUT2D eigenvalue weighted by atomic mass is 16.3. The Hall–Kier alpha value is -10.6. The molecule has 8 atom stereocenters. The van der Waals surface area contributed by atoms with E-state index in [1.807, 2.05) is 13.8 Å². The average molecular weight is 1700 g/mol. The summed E-state index contributed by atoms with van der Waals surface area (Å²) < 4.78 is 0. The third-order valence-corrected chi connectivity index (χ3v) is 19.3. The van der Waals surface area contributed by atoms with E-state index >= 15 is 0 Å². The van der Waals surface area contributed by atoms with Crippen LogP contribution in [0.15, 0.2) is 0 Å². The van der Waals surface area contributed by atoms with E-state index in [0.717, 1.165) is 0 Å². The van der Waals surface area contributed by atoms with Crippen LogP contribution in [0.5, 0.6) is 0 Å². The topological polar surface area (TPSA) is 621 Å². The zero-order chi connectivity index (χ0) is 93.3. The Morgan fingerprint density at radius 1 is 0.375 bits per heavy atom. The zero-order valence-corrected chi connectivity index (χ0v) is 74.8. The van der Waals surface area contributed by atoms with Crippen molar-refractivity contribution in [3.63, 3.8) is 0 Å². The number of hydrogen-bond acceptors (Lipinski definition) is 21. The van der Waals surface area contributed by atoms with Crippen LogP contribution in [0.1, 0.15) is 238 Å². The normalized spacial score (nSPS) is 15.2. The van der Waals surface area contributed by atoms with Crippen molar-refractivity contribution < 1.29 is 101 Å². The van der Waals surface area contributed by atoms with Gasteiger partial charge in [0.1, 0.15) is 86.6 Å². The molecule has 1 aliphatic rings. The first-order valence-corrected chi connectivity index (χ1v) is 40.3. The van der Waals surface area contributed by atoms with Crippen molar-refractivity contribution in [3.05, 3.63) is 0 Å². The lowest BCUT2D eigenvalue weighted by Crippen LogP contribution is -2.66. The van der Waals surface area contributed by atoms with Crippen molar-refractivity contribution in [2.45, 2.75) is 330 Å². The van der Waals surface area contributed by atoms with Gasteiger partial charge in [0.05, 0.1) is 25.7 Å². The summed E-state index contributed by atoms with van der Waals surface area (Å²) in [6.45, 7) is 36.3. The van der Waals surface area contributed by atoms with E-state index in [-0.39, 0.29) is 56.4 Å². The first-order valence-electron chi connectivity index (χ1n) is 40.3. The van der Waals surface area contributed by atoms with Gasteiger partial charge in [0.25, 0.3) is 0 Å². The Balaban J connectivity index is 3.16. The third kappa shape index (κ3) is 35.3. The lowest BCUT2D eigenvalue weighted by atomic mass is 9.96. The molecule has 41 nitrogen and oxygen atoms in total. The second kappa shape index (κ2) is 45.1. The number of nitrogens with two attached hydrogens (primary N) is 2. The number of aliphatic hydroxyl groups is 1. The summed E-state index contributed by atoms with van der Waals surface area (Å²) in [5, 5.41) is 53.1. The SMILES string of the molecule is CC(=O)NC(C)(C)C(=O)NCC(=O)N[C@H](C)C(=O)N[C@H](CC(C)C)C(=O)NC(C)(C)C(=O)N[C@@H](CCC(N)=O)C(=O)NC(C)(C)C(=O)N[C@@H](C(=O)NC(C)(C)C(=O)NCC(=O)NC(C)(C)C(=O)NC(C)(C)C(=O)N1CCC[C@@H]1C(=O)N[C@@H](CC(C)C)C(=O)NC(C)(C)C(=O)NC(C)(C)C(=O)N[C@@H](CCC(N)=O)C(=O)N[C@@H](CO)CC(C)C)C(C)C. The summed E-state index contributed by atoms with van der Waals surface area (Å²) in [6, 6.07) is -9.86. The van der Waals surface area contributed by atoms with Crippen LogP contribution in [0, 0.1) is 23.7 Å². The molecule has 0 aromatic heterocycles. The zero-order valence-electron chi connectivity index (χ0n) is 74.8. The molecule has 1 heterocycles. The number of amides is 20. The van der Waals surface area contributed by atoms with Crippen molar-refractivity contribution in [1.29, 1.82) is 0 Å². The van der Waals surface area contributed by atoms with Gasteiger partial charge in [0.15, 0.2) is 0 Å². The molecule has 0 radical (unpaired) electrons. The molecule has 20 amide bonds. The maximum absolute atomic E-state index is 14.4. The number of carbonyl (C=O) groups excluding carboxylic acids is 20. The minimum absolute atomic E-state index is 0.0408. The number of hydrogen-bond donors (Lipinski definition) is 20. The Morgan fingerprint density at radius 3 is 1.17 bits per heavy atom. The van der Waals surface area contributed by atoms with Crippen LogP contribution in [0.25, 0.3) is 0 Å². The van der Waals surface area contributed by atoms with Crippen LogP contribution in [0.3, 0.4) is 0 Å². The minimum Gasteiger partial charge on any atom is -0.394 e. The third-order valence-electron chi connectivity index (χ3n) is 19.3. The number of carbonyl (C=O) groups is 20. The summed E-state index contributed by atoms with van der Waals surface area (Å²) in [6.07, 6.45) is -0.327. The molecule has 680 valence electrons. The lowest BCUT2D eigenvalue weighted by Gasteiger charge is -2.36. The molecule has 0 aromatic rings. The molecule has 0 saturated carbocycles. The number of nitrogens with zero attached hydrogens (tertiary/aromatic N) is 1. The van der Waals surface area contributed by atoms with E-state index in [4.69, 9.17) is 11.5 Å². The van der Waals surface area contributed by atoms with Gasteiger partial charge in [0, 0.05) is 26.3 Å². The van der Waals surface area contributed by atoms with Crippen LogP contribution in [0.2, 0.25) is 0 Å². The second-order valence-corrected chi connectivity index (χ2v) is 36.6. The fourth-order valence-corrected chi connectivity index (χ4v) is 12.2. The van der Waals surface area contributed by atoms with E-state index in [1.54, 1.807) is 41.5 Å². The van der Waals surface area contributed by atoms with Crippen LogP contribution >= 0.6 is 0 Å². The van der Waals surface area contributed by atoms with Crippen LogP contribution in [0.4, 0.5) is 0 Å². The highest BCUT2D eigenvalue weighted by Crippen LogP contribution is 2.25. The van der Waals surface area contributed by atoms with Gasteiger partial charge >= 0.3 is 0 Å². The summed E-state index contributed by atoms with van der Waals surface area (Å²) in [7, 11) is 0. The highest BCUT2D eigenvalue weighted by Gasteiger charge is 2.47. The summed E-state index contributed by atoms with van der Waals surface area (Å²) in [5.74, 6) is -17.3. The average Bonchev–Trinajstić information content (AvgIpc) is 1.49. The van der Waals surface area contributed by atoms with Crippen molar-refractivity contribution in [2.24, 2.45) is 35.1 Å². The van der Waals surface area contributed by atoms with E-state index < -0.39 is 249 Å². The van der Waals surface area contributed by atoms with Gasteiger partial charge in [-0.2, -0.15) is 0 Å². The fourth-order valence-electron chi connectivity index (χ4n) is 12.2. The van der Waals surface area contributed by atoms with Crippen molar-refractivity contribution in [2.75, 3.05) is 26.2 Å². The van der Waals surface area contributed by atoms with Crippen LogP contribution in [-0.2, 0) is 95.9 Å². The van der Waals surface area contributed by atoms with Gasteiger partial charge in [-0.05, 0) is 186 Å². The summed E-state index contributed by atoms with van der Waals surface area (Å²) in [4.78, 5) is 271. The maximum Gasteiger partial charge on any atom is 0.248 e. The first-order chi connectivity index (χ1) is 54.6. The highest BCUT2D eigenvalue weighted by molar-refractivity contribution is 6.04. The monoisotopic (exact) mass is 1700 g/mol. The van der Waals surface area contributed by atoms with Crippen LogP contribution in [-0.4, -0.2) is 247 Å². The second-order valence-electron chi connectivity index (χ2n) is 36.6. The standard InChI is InChI=1S/C79H138N20O21/c1-40(2)34-46(39-100)85-58(107)47(29-31-52(80)102)88-67(116)76(19,20)97-70(119)78(23,24)95-61(110)50(36-42(5)6)87-62(111)51-28-27-33-99(51)71(120)79(25,26)98-69(118)77(21,22)92-55(105)38-83-65(114)73(13,14)96-63(112)56(43(7)8)90-68(117)75(17,18)93-59(108)48(30-32-53(81)103)89-66(115)74(15,16)94-60(109)49(35-41(3)4)86-57(106)44(9)84-54(104)37-82-64(113)72(11,12)91-45(10)101/h40-44,46-51,56,100H,27-39H2,1-26H3,(H2,80,102)(H2,81,103)(H,82,113)(H,83,114)(H,84,104)(H,85,107)(H,86,106)(H,87,111)(H,88,116)(H,89,115)(H,90,117)(H,91,101)(H,92,105)(H,93,108)(H,94,109)(H,95,110)(H,96,112)(H,97,119)(H,98,118)/t44-,46-,47+,48+,49-,50+,51-,56-/m1/s1.